The van der Waals surface area contributed by atoms with E-state index in [-0.39, 0.29) is 0 Å². The minimum absolute atomic E-state index is 1.24. The van der Waals surface area contributed by atoms with Gasteiger partial charge >= 0.3 is 22.4 Å². The molecule has 0 aromatic heterocycles. The van der Waals surface area contributed by atoms with Gasteiger partial charge in [-0.3, -0.25) is 0 Å². The molecular formula is C2H5N3O5S. The number of primary amides is 1. The van der Waals surface area contributed by atoms with Crippen LogP contribution >= 0.6 is 0 Å². The van der Waals surface area contributed by atoms with Gasteiger partial charge in [-0.25, -0.2) is 14.9 Å². The van der Waals surface area contributed by atoms with E-state index in [1.54, 1.807) is 0 Å². The predicted octanol–water partition coefficient (Wildman–Crippen LogP) is -2.01. The van der Waals surface area contributed by atoms with Gasteiger partial charge in [0.2, 0.25) is 0 Å². The molecule has 0 aliphatic heterocycles. The topological polar surface area (TPSA) is 142 Å². The molecule has 0 aromatic carbocycles. The number of nitrogens with two attached hydrogens (primary N) is 2. The zero-order chi connectivity index (χ0) is 9.07. The van der Waals surface area contributed by atoms with Crippen LogP contribution < -0.4 is 16.2 Å². The molecule has 64 valence electrons. The standard InChI is InChI=1S/C2H5N3O5S/c3-1(6)5-2(7)10-11(4,8)9/h(H2,4,8,9)(H3,3,5,6,7). The van der Waals surface area contributed by atoms with Crippen LogP contribution in [0.4, 0.5) is 9.59 Å². The van der Waals surface area contributed by atoms with Crippen molar-refractivity contribution < 1.29 is 22.2 Å². The Hall–Kier alpha value is -1.35. The average Bonchev–Trinajstić information content (AvgIpc) is 1.53. The molecule has 0 aliphatic rings. The van der Waals surface area contributed by atoms with Gasteiger partial charge in [-0.1, -0.05) is 0 Å². The van der Waals surface area contributed by atoms with Crippen molar-refractivity contribution >= 4 is 22.4 Å². The van der Waals surface area contributed by atoms with Gasteiger partial charge in [-0.05, 0) is 0 Å². The fourth-order valence-corrected chi connectivity index (χ4v) is 0.480. The van der Waals surface area contributed by atoms with Gasteiger partial charge in [-0.15, -0.1) is 0 Å². The Morgan fingerprint density at radius 2 is 1.82 bits per heavy atom. The number of rotatable bonds is 1. The van der Waals surface area contributed by atoms with E-state index in [1.807, 2.05) is 0 Å². The molecule has 0 heterocycles. The number of hydrogen-bond acceptors (Lipinski definition) is 5. The SMILES string of the molecule is NC(=O)NC(=O)OS(N)(=O)=O. The zero-order valence-corrected chi connectivity index (χ0v) is 5.92. The van der Waals surface area contributed by atoms with Crippen LogP contribution in [-0.2, 0) is 14.5 Å². The second-order valence-corrected chi connectivity index (χ2v) is 2.51. The molecule has 0 fully saturated rings. The lowest BCUT2D eigenvalue weighted by Gasteiger charge is -1.98. The monoisotopic (exact) mass is 183 g/mol. The summed E-state index contributed by atoms with van der Waals surface area (Å²) < 4.78 is 23.4. The van der Waals surface area contributed by atoms with Gasteiger partial charge in [0.25, 0.3) is 0 Å². The van der Waals surface area contributed by atoms with Crippen molar-refractivity contribution in [3.8, 4) is 0 Å². The average molecular weight is 183 g/mol. The largest absolute Gasteiger partial charge is 0.431 e. The molecule has 5 N–H and O–H groups in total. The van der Waals surface area contributed by atoms with Crippen LogP contribution in [0.5, 0.6) is 0 Å². The van der Waals surface area contributed by atoms with E-state index in [0.717, 1.165) is 0 Å². The minimum atomic E-state index is -4.39. The molecule has 11 heavy (non-hydrogen) atoms. The maximum atomic E-state index is 10.2. The number of urea groups is 1. The molecule has 0 spiro atoms. The van der Waals surface area contributed by atoms with Gasteiger partial charge in [-0.2, -0.15) is 13.6 Å². The molecule has 0 radical (unpaired) electrons. The fourth-order valence-electron chi connectivity index (χ4n) is 0.227. The third-order valence-electron chi connectivity index (χ3n) is 0.417. The van der Waals surface area contributed by atoms with Gasteiger partial charge in [0.15, 0.2) is 0 Å². The quantitative estimate of drug-likeness (QED) is 0.430. The highest BCUT2D eigenvalue weighted by Gasteiger charge is 2.12. The molecule has 0 saturated carbocycles. The lowest BCUT2D eigenvalue weighted by atomic mass is 11.0. The zero-order valence-electron chi connectivity index (χ0n) is 5.10. The smallest absolute Gasteiger partial charge is 0.351 e. The summed E-state index contributed by atoms with van der Waals surface area (Å²) in [5.74, 6) is 0. The van der Waals surface area contributed by atoms with E-state index in [2.05, 4.69) is 15.1 Å². The van der Waals surface area contributed by atoms with Crippen LogP contribution in [0.1, 0.15) is 0 Å². The van der Waals surface area contributed by atoms with Crippen LogP contribution in [0, 0.1) is 0 Å². The molecule has 8 nitrogen and oxygen atoms in total. The van der Waals surface area contributed by atoms with Crippen LogP contribution in [0.2, 0.25) is 0 Å². The molecule has 9 heteroatoms. The van der Waals surface area contributed by atoms with Gasteiger partial charge < -0.3 is 9.92 Å². The number of imide groups is 1. The third kappa shape index (κ3) is 6.54. The third-order valence-corrected chi connectivity index (χ3v) is 0.801. The number of amides is 3. The second kappa shape index (κ2) is 3.16. The summed E-state index contributed by atoms with van der Waals surface area (Å²) in [6.07, 6.45) is -1.54. The number of hydrogen-bond donors (Lipinski definition) is 3. The Kier molecular flexibility index (Phi) is 2.78. The Balaban J connectivity index is 4.01. The van der Waals surface area contributed by atoms with E-state index < -0.39 is 22.4 Å². The first-order valence-corrected chi connectivity index (χ1v) is 3.61. The number of nitrogens with one attached hydrogen (secondary N) is 1. The Morgan fingerprint density at radius 1 is 1.36 bits per heavy atom. The molecule has 0 atom stereocenters. The summed E-state index contributed by atoms with van der Waals surface area (Å²) in [7, 11) is -4.39. The normalized spacial score (nSPS) is 10.3. The van der Waals surface area contributed by atoms with E-state index >= 15 is 0 Å². The van der Waals surface area contributed by atoms with Crippen molar-refractivity contribution in [3.05, 3.63) is 0 Å². The molecule has 0 aliphatic carbocycles. The Labute approximate surface area is 61.7 Å². The first-order valence-electron chi connectivity index (χ1n) is 2.14. The predicted molar refractivity (Wildman–Crippen MR) is 32.3 cm³/mol. The fraction of sp³-hybridized carbons (Fsp3) is 0. The highest BCUT2D eigenvalue weighted by Crippen LogP contribution is 1.81. The molecule has 0 rings (SSSR count). The highest BCUT2D eigenvalue weighted by molar-refractivity contribution is 7.84. The highest BCUT2D eigenvalue weighted by atomic mass is 32.2. The van der Waals surface area contributed by atoms with E-state index in [0.29, 0.717) is 0 Å². The van der Waals surface area contributed by atoms with Gasteiger partial charge in [0.1, 0.15) is 0 Å². The summed E-state index contributed by atoms with van der Waals surface area (Å²) >= 11 is 0. The molecular weight excluding hydrogens is 178 g/mol. The second-order valence-electron chi connectivity index (χ2n) is 1.35. The maximum Gasteiger partial charge on any atom is 0.431 e. The molecule has 0 saturated heterocycles. The molecule has 3 amide bonds. The van der Waals surface area contributed by atoms with Crippen molar-refractivity contribution in [1.29, 1.82) is 0 Å². The van der Waals surface area contributed by atoms with Gasteiger partial charge in [0.05, 0.1) is 0 Å². The summed E-state index contributed by atoms with van der Waals surface area (Å²) in [6.45, 7) is 0. The van der Waals surface area contributed by atoms with Gasteiger partial charge in [0, 0.05) is 0 Å². The first-order chi connectivity index (χ1) is 4.81. The van der Waals surface area contributed by atoms with E-state index in [9.17, 15) is 18.0 Å². The van der Waals surface area contributed by atoms with Crippen molar-refractivity contribution in [1.82, 2.24) is 5.32 Å². The summed E-state index contributed by atoms with van der Waals surface area (Å²) in [5.41, 5.74) is 4.43. The van der Waals surface area contributed by atoms with Crippen molar-refractivity contribution in [2.75, 3.05) is 0 Å². The summed E-state index contributed by atoms with van der Waals surface area (Å²) in [4.78, 5) is 20.0. The van der Waals surface area contributed by atoms with E-state index in [4.69, 9.17) is 0 Å². The van der Waals surface area contributed by atoms with Crippen molar-refractivity contribution in [2.24, 2.45) is 10.9 Å². The Morgan fingerprint density at radius 3 is 2.09 bits per heavy atom. The first kappa shape index (κ1) is 9.65. The maximum absolute atomic E-state index is 10.2. The molecule has 0 aromatic rings. The van der Waals surface area contributed by atoms with Crippen LogP contribution in [0.3, 0.4) is 0 Å². The van der Waals surface area contributed by atoms with Crippen LogP contribution in [0.25, 0.3) is 0 Å². The summed E-state index contributed by atoms with van der Waals surface area (Å²) in [5, 5.41) is 5.57. The van der Waals surface area contributed by atoms with E-state index in [1.165, 1.54) is 5.32 Å². The van der Waals surface area contributed by atoms with Crippen molar-refractivity contribution in [3.63, 3.8) is 0 Å². The lowest BCUT2D eigenvalue weighted by molar-refractivity contribution is 0.201. The number of carbonyl (C=O) groups excluding carboxylic acids is 2. The Bertz CT molecular complexity index is 267. The number of carbonyl (C=O) groups is 2. The van der Waals surface area contributed by atoms with Crippen LogP contribution in [0.15, 0.2) is 0 Å². The molecule has 0 bridgehead atoms. The summed E-state index contributed by atoms with van der Waals surface area (Å²) in [6, 6.07) is -1.24. The van der Waals surface area contributed by atoms with Crippen molar-refractivity contribution in [2.45, 2.75) is 0 Å². The molecule has 0 unspecified atom stereocenters. The minimum Gasteiger partial charge on any atom is -0.351 e. The lowest BCUT2D eigenvalue weighted by Crippen LogP contribution is -2.37. The van der Waals surface area contributed by atoms with Crippen LogP contribution in [-0.4, -0.2) is 20.5 Å².